The largest absolute Gasteiger partial charge is 0.496 e. The molecule has 20 heavy (non-hydrogen) atoms. The summed E-state index contributed by atoms with van der Waals surface area (Å²) in [5.74, 6) is 0.649. The lowest BCUT2D eigenvalue weighted by Gasteiger charge is -2.18. The quantitative estimate of drug-likeness (QED) is 0.856. The van der Waals surface area contributed by atoms with Gasteiger partial charge in [-0.05, 0) is 37.1 Å². The first-order valence-corrected chi connectivity index (χ1v) is 7.40. The van der Waals surface area contributed by atoms with Crippen molar-refractivity contribution in [1.82, 2.24) is 0 Å². The molecule has 0 aliphatic heterocycles. The fourth-order valence-electron chi connectivity index (χ4n) is 2.11. The van der Waals surface area contributed by atoms with Crippen molar-refractivity contribution in [2.24, 2.45) is 0 Å². The van der Waals surface area contributed by atoms with Crippen LogP contribution in [-0.4, -0.2) is 12.2 Å². The van der Waals surface area contributed by atoms with Crippen LogP contribution in [0, 0.1) is 13.8 Å². The Labute approximate surface area is 132 Å². The molecule has 0 saturated heterocycles. The Kier molecular flexibility index (Phi) is 4.74. The molecule has 2 aromatic rings. The first kappa shape index (κ1) is 15.4. The van der Waals surface area contributed by atoms with Crippen molar-refractivity contribution in [2.75, 3.05) is 7.11 Å². The second-order valence-electron chi connectivity index (χ2n) is 4.72. The summed E-state index contributed by atoms with van der Waals surface area (Å²) >= 11 is 9.78. The van der Waals surface area contributed by atoms with Crippen LogP contribution in [0.5, 0.6) is 5.75 Å². The van der Waals surface area contributed by atoms with E-state index in [1.807, 2.05) is 44.2 Å². The van der Waals surface area contributed by atoms with Crippen molar-refractivity contribution in [1.29, 1.82) is 0 Å². The average molecular weight is 356 g/mol. The average Bonchev–Trinajstić information content (AvgIpc) is 2.43. The molecule has 0 aromatic heterocycles. The van der Waals surface area contributed by atoms with Gasteiger partial charge < -0.3 is 9.84 Å². The highest BCUT2D eigenvalue weighted by atomic mass is 79.9. The van der Waals surface area contributed by atoms with Gasteiger partial charge in [0, 0.05) is 20.6 Å². The second-order valence-corrected chi connectivity index (χ2v) is 5.96. The molecule has 0 radical (unpaired) electrons. The van der Waals surface area contributed by atoms with E-state index in [0.29, 0.717) is 21.9 Å². The van der Waals surface area contributed by atoms with Crippen LogP contribution in [0.3, 0.4) is 0 Å². The van der Waals surface area contributed by atoms with Crippen molar-refractivity contribution < 1.29 is 9.84 Å². The van der Waals surface area contributed by atoms with Gasteiger partial charge in [-0.2, -0.15) is 0 Å². The normalized spacial score (nSPS) is 12.3. The minimum Gasteiger partial charge on any atom is -0.496 e. The summed E-state index contributed by atoms with van der Waals surface area (Å²) in [5.41, 5.74) is 3.36. The minimum atomic E-state index is -0.825. The van der Waals surface area contributed by atoms with Crippen LogP contribution in [0.2, 0.25) is 5.02 Å². The van der Waals surface area contributed by atoms with E-state index in [0.717, 1.165) is 15.6 Å². The Morgan fingerprint density at radius 1 is 1.15 bits per heavy atom. The number of hydrogen-bond acceptors (Lipinski definition) is 2. The fraction of sp³-hybridized carbons (Fsp3) is 0.250. The number of halogens is 2. The molecule has 0 saturated carbocycles. The van der Waals surface area contributed by atoms with E-state index in [-0.39, 0.29) is 0 Å². The second kappa shape index (κ2) is 6.17. The van der Waals surface area contributed by atoms with Crippen LogP contribution < -0.4 is 4.74 Å². The Hall–Kier alpha value is -1.03. The van der Waals surface area contributed by atoms with E-state index < -0.39 is 6.10 Å². The van der Waals surface area contributed by atoms with Gasteiger partial charge >= 0.3 is 0 Å². The molecule has 106 valence electrons. The number of aliphatic hydroxyl groups is 1. The van der Waals surface area contributed by atoms with Crippen molar-refractivity contribution >= 4 is 27.5 Å². The summed E-state index contributed by atoms with van der Waals surface area (Å²) in [6.07, 6.45) is -0.825. The molecule has 1 unspecified atom stereocenters. The third-order valence-corrected chi connectivity index (χ3v) is 4.69. The van der Waals surface area contributed by atoms with Crippen molar-refractivity contribution in [3.63, 3.8) is 0 Å². The maximum absolute atomic E-state index is 10.6. The van der Waals surface area contributed by atoms with Crippen LogP contribution in [0.4, 0.5) is 0 Å². The van der Waals surface area contributed by atoms with Crippen LogP contribution >= 0.6 is 27.5 Å². The molecule has 1 atom stereocenters. The molecule has 0 amide bonds. The zero-order valence-electron chi connectivity index (χ0n) is 11.6. The van der Waals surface area contributed by atoms with Gasteiger partial charge in [-0.15, -0.1) is 0 Å². The molecule has 0 heterocycles. The molecule has 0 aliphatic rings. The Morgan fingerprint density at radius 2 is 1.85 bits per heavy atom. The number of aliphatic hydroxyl groups excluding tert-OH is 1. The maximum Gasteiger partial charge on any atom is 0.125 e. The number of benzene rings is 2. The number of hydrogen-bond donors (Lipinski definition) is 1. The third-order valence-electron chi connectivity index (χ3n) is 3.32. The molecule has 4 heteroatoms. The summed E-state index contributed by atoms with van der Waals surface area (Å²) in [4.78, 5) is 0. The highest BCUT2D eigenvalue weighted by Gasteiger charge is 2.20. The van der Waals surface area contributed by atoms with Gasteiger partial charge in [-0.1, -0.05) is 45.7 Å². The van der Waals surface area contributed by atoms with Crippen molar-refractivity contribution in [3.05, 3.63) is 62.1 Å². The molecule has 0 fully saturated rings. The fourth-order valence-corrected chi connectivity index (χ4v) is 2.70. The van der Waals surface area contributed by atoms with Crippen molar-refractivity contribution in [2.45, 2.75) is 20.0 Å². The van der Waals surface area contributed by atoms with Gasteiger partial charge in [0.2, 0.25) is 0 Å². The summed E-state index contributed by atoms with van der Waals surface area (Å²) in [7, 11) is 1.59. The Balaban J connectivity index is 2.55. The smallest absolute Gasteiger partial charge is 0.125 e. The van der Waals surface area contributed by atoms with Gasteiger partial charge in [-0.25, -0.2) is 0 Å². The topological polar surface area (TPSA) is 29.5 Å². The molecule has 0 aliphatic carbocycles. The third kappa shape index (κ3) is 2.85. The van der Waals surface area contributed by atoms with Crippen molar-refractivity contribution in [3.8, 4) is 5.75 Å². The highest BCUT2D eigenvalue weighted by molar-refractivity contribution is 9.10. The van der Waals surface area contributed by atoms with Gasteiger partial charge in [0.05, 0.1) is 7.11 Å². The van der Waals surface area contributed by atoms with Gasteiger partial charge in [0.25, 0.3) is 0 Å². The van der Waals surface area contributed by atoms with Gasteiger partial charge in [0.15, 0.2) is 0 Å². The zero-order valence-corrected chi connectivity index (χ0v) is 13.9. The van der Waals surface area contributed by atoms with E-state index in [9.17, 15) is 5.11 Å². The highest BCUT2D eigenvalue weighted by Crippen LogP contribution is 2.37. The van der Waals surface area contributed by atoms with Gasteiger partial charge in [0.1, 0.15) is 11.9 Å². The van der Waals surface area contributed by atoms with E-state index >= 15 is 0 Å². The maximum atomic E-state index is 10.6. The number of rotatable bonds is 3. The summed E-state index contributed by atoms with van der Waals surface area (Å²) < 4.78 is 6.30. The number of methoxy groups -OCH3 is 1. The summed E-state index contributed by atoms with van der Waals surface area (Å²) in [5, 5.41) is 11.2. The lowest BCUT2D eigenvalue weighted by atomic mass is 9.98. The predicted molar refractivity (Wildman–Crippen MR) is 85.7 cm³/mol. The minimum absolute atomic E-state index is 0.582. The van der Waals surface area contributed by atoms with E-state index in [2.05, 4.69) is 15.9 Å². The molecular formula is C16H16BrClO2. The van der Waals surface area contributed by atoms with Crippen LogP contribution in [0.1, 0.15) is 28.4 Å². The van der Waals surface area contributed by atoms with E-state index in [1.54, 1.807) is 7.11 Å². The molecule has 2 rings (SSSR count). The Bertz CT molecular complexity index is 641. The summed E-state index contributed by atoms with van der Waals surface area (Å²) in [6, 6.07) is 9.40. The van der Waals surface area contributed by atoms with E-state index in [1.165, 1.54) is 0 Å². The first-order valence-electron chi connectivity index (χ1n) is 6.22. The van der Waals surface area contributed by atoms with Gasteiger partial charge in [-0.3, -0.25) is 0 Å². The lowest BCUT2D eigenvalue weighted by Crippen LogP contribution is -2.04. The standard InChI is InChI=1S/C16H16BrClO2/c1-9-5-4-6-11(15(9)18)16(19)12-8-13(17)10(2)7-14(12)20-3/h4-8,16,19H,1-3H3. The molecule has 0 bridgehead atoms. The summed E-state index contributed by atoms with van der Waals surface area (Å²) in [6.45, 7) is 3.89. The van der Waals surface area contributed by atoms with Crippen LogP contribution in [0.15, 0.2) is 34.8 Å². The lowest BCUT2D eigenvalue weighted by molar-refractivity contribution is 0.214. The molecule has 0 spiro atoms. The molecule has 2 nitrogen and oxygen atoms in total. The predicted octanol–water partition coefficient (Wildman–Crippen LogP) is 4.81. The number of ether oxygens (including phenoxy) is 1. The molecule has 2 aromatic carbocycles. The van der Waals surface area contributed by atoms with Crippen LogP contribution in [0.25, 0.3) is 0 Å². The SMILES string of the molecule is COc1cc(C)c(Br)cc1C(O)c1cccc(C)c1Cl. The molecular weight excluding hydrogens is 340 g/mol. The van der Waals surface area contributed by atoms with Crippen LogP contribution in [-0.2, 0) is 0 Å². The number of aryl methyl sites for hydroxylation is 2. The zero-order chi connectivity index (χ0) is 14.9. The molecule has 1 N–H and O–H groups in total. The Morgan fingerprint density at radius 3 is 2.50 bits per heavy atom. The monoisotopic (exact) mass is 354 g/mol. The van der Waals surface area contributed by atoms with E-state index in [4.69, 9.17) is 16.3 Å². The first-order chi connectivity index (χ1) is 9.45.